The number of hydrogen-bond donors (Lipinski definition) is 0. The van der Waals surface area contributed by atoms with E-state index in [1.54, 1.807) is 0 Å². The molecule has 3 atom stereocenters. The van der Waals surface area contributed by atoms with Crippen molar-refractivity contribution in [1.29, 1.82) is 0 Å². The summed E-state index contributed by atoms with van der Waals surface area (Å²) in [5.74, 6) is 1.45. The smallest absolute Gasteiger partial charge is 0.166 e. The van der Waals surface area contributed by atoms with Crippen LogP contribution in [-0.2, 0) is 6.42 Å². The molecule has 0 spiro atoms. The van der Waals surface area contributed by atoms with E-state index in [-0.39, 0.29) is 5.92 Å². The van der Waals surface area contributed by atoms with E-state index < -0.39 is 0 Å². The van der Waals surface area contributed by atoms with E-state index in [1.807, 2.05) is 30.3 Å². The molecule has 2 aromatic carbocycles. The molecule has 1 fully saturated rings. The molecule has 21 heavy (non-hydrogen) atoms. The number of carbonyl (C=O) groups is 1. The van der Waals surface area contributed by atoms with E-state index >= 15 is 0 Å². The summed E-state index contributed by atoms with van der Waals surface area (Å²) in [5.41, 5.74) is 3.72. The van der Waals surface area contributed by atoms with Crippen LogP contribution in [0.1, 0.15) is 40.2 Å². The summed E-state index contributed by atoms with van der Waals surface area (Å²) in [5, 5.41) is 0. The largest absolute Gasteiger partial charge is 0.294 e. The van der Waals surface area contributed by atoms with Crippen LogP contribution in [-0.4, -0.2) is 5.78 Å². The molecule has 0 aliphatic heterocycles. The molecule has 0 N–H and O–H groups in total. The van der Waals surface area contributed by atoms with Gasteiger partial charge in [-0.2, -0.15) is 0 Å². The zero-order valence-corrected chi connectivity index (χ0v) is 13.3. The van der Waals surface area contributed by atoms with Crippen LogP contribution in [0.15, 0.2) is 53.0 Å². The molecular weight excluding hydrogens is 324 g/mol. The Hall–Kier alpha value is -1.41. The molecular formula is C19H17BrO. The number of fused-ring (bicyclic) bond motifs is 4. The zero-order valence-electron chi connectivity index (χ0n) is 11.8. The average Bonchev–Trinajstić information content (AvgIpc) is 2.84. The van der Waals surface area contributed by atoms with E-state index in [4.69, 9.17) is 0 Å². The SMILES string of the molecule is O=C(c1ccccc1)C1[C@H]2CC[C@@H]1c1cc(Br)ccc1C2. The highest BCUT2D eigenvalue weighted by atomic mass is 79.9. The van der Waals surface area contributed by atoms with Gasteiger partial charge in [0.15, 0.2) is 5.78 Å². The normalized spacial score (nSPS) is 26.4. The Labute approximate surface area is 133 Å². The van der Waals surface area contributed by atoms with E-state index in [9.17, 15) is 4.79 Å². The second kappa shape index (κ2) is 5.10. The van der Waals surface area contributed by atoms with Crippen LogP contribution in [0.2, 0.25) is 0 Å². The first-order valence-corrected chi connectivity index (χ1v) is 8.41. The van der Waals surface area contributed by atoms with Crippen molar-refractivity contribution in [3.8, 4) is 0 Å². The van der Waals surface area contributed by atoms with Gasteiger partial charge in [0.05, 0.1) is 0 Å². The fourth-order valence-electron chi connectivity index (χ4n) is 4.23. The Morgan fingerprint density at radius 1 is 1.05 bits per heavy atom. The fourth-order valence-corrected chi connectivity index (χ4v) is 4.61. The third-order valence-corrected chi connectivity index (χ3v) is 5.63. The first-order valence-electron chi connectivity index (χ1n) is 7.61. The number of halogens is 1. The van der Waals surface area contributed by atoms with Crippen molar-refractivity contribution in [1.82, 2.24) is 0 Å². The van der Waals surface area contributed by atoms with Gasteiger partial charge in [0.25, 0.3) is 0 Å². The molecule has 1 unspecified atom stereocenters. The summed E-state index contributed by atoms with van der Waals surface area (Å²) >= 11 is 3.58. The van der Waals surface area contributed by atoms with Gasteiger partial charge in [0.2, 0.25) is 0 Å². The summed E-state index contributed by atoms with van der Waals surface area (Å²) in [6.07, 6.45) is 3.39. The lowest BCUT2D eigenvalue weighted by atomic mass is 9.72. The summed E-state index contributed by atoms with van der Waals surface area (Å²) in [4.78, 5) is 12.9. The van der Waals surface area contributed by atoms with E-state index in [0.717, 1.165) is 22.9 Å². The molecule has 0 saturated heterocycles. The van der Waals surface area contributed by atoms with Crippen LogP contribution in [0.3, 0.4) is 0 Å². The highest BCUT2D eigenvalue weighted by Crippen LogP contribution is 2.51. The van der Waals surface area contributed by atoms with E-state index in [2.05, 4.69) is 34.1 Å². The Morgan fingerprint density at radius 2 is 1.86 bits per heavy atom. The van der Waals surface area contributed by atoms with Crippen molar-refractivity contribution in [2.24, 2.45) is 11.8 Å². The topological polar surface area (TPSA) is 17.1 Å². The Morgan fingerprint density at radius 3 is 2.67 bits per heavy atom. The van der Waals surface area contributed by atoms with Gasteiger partial charge in [-0.1, -0.05) is 52.3 Å². The predicted molar refractivity (Wildman–Crippen MR) is 87.6 cm³/mol. The minimum absolute atomic E-state index is 0.175. The van der Waals surface area contributed by atoms with Crippen LogP contribution in [0.25, 0.3) is 0 Å². The minimum Gasteiger partial charge on any atom is -0.294 e. The fraction of sp³-hybridized carbons (Fsp3) is 0.316. The molecule has 0 amide bonds. The lowest BCUT2D eigenvalue weighted by Crippen LogP contribution is -2.29. The lowest BCUT2D eigenvalue weighted by Gasteiger charge is -2.31. The Kier molecular flexibility index (Phi) is 3.22. The van der Waals surface area contributed by atoms with Gasteiger partial charge in [-0.25, -0.2) is 0 Å². The van der Waals surface area contributed by atoms with Crippen molar-refractivity contribution in [2.75, 3.05) is 0 Å². The molecule has 0 aromatic heterocycles. The van der Waals surface area contributed by atoms with Crippen molar-refractivity contribution >= 4 is 21.7 Å². The molecule has 106 valence electrons. The molecule has 0 radical (unpaired) electrons. The van der Waals surface area contributed by atoms with E-state index in [1.165, 1.54) is 17.5 Å². The van der Waals surface area contributed by atoms with Crippen LogP contribution >= 0.6 is 15.9 Å². The number of Topliss-reactive ketones (excluding diaryl/α,β-unsaturated/α-hetero) is 1. The van der Waals surface area contributed by atoms with Gasteiger partial charge in [-0.3, -0.25) is 4.79 Å². The summed E-state index contributed by atoms with van der Waals surface area (Å²) < 4.78 is 1.12. The molecule has 2 aromatic rings. The number of ketones is 1. The summed E-state index contributed by atoms with van der Waals surface area (Å²) in [6, 6.07) is 16.4. The van der Waals surface area contributed by atoms with Crippen molar-refractivity contribution in [2.45, 2.75) is 25.2 Å². The molecule has 1 saturated carbocycles. The monoisotopic (exact) mass is 340 g/mol. The second-order valence-corrected chi connectivity index (χ2v) is 7.16. The van der Waals surface area contributed by atoms with Crippen LogP contribution < -0.4 is 0 Å². The van der Waals surface area contributed by atoms with Gasteiger partial charge < -0.3 is 0 Å². The van der Waals surface area contributed by atoms with Crippen LogP contribution in [0, 0.1) is 11.8 Å². The molecule has 2 bridgehead atoms. The Bertz CT molecular complexity index is 692. The minimum atomic E-state index is 0.175. The highest BCUT2D eigenvalue weighted by molar-refractivity contribution is 9.10. The number of rotatable bonds is 2. The molecule has 4 rings (SSSR count). The third-order valence-electron chi connectivity index (χ3n) is 5.14. The summed E-state index contributed by atoms with van der Waals surface area (Å²) in [7, 11) is 0. The zero-order chi connectivity index (χ0) is 14.4. The average molecular weight is 341 g/mol. The number of carbonyl (C=O) groups excluding carboxylic acids is 1. The molecule has 1 nitrogen and oxygen atoms in total. The maximum atomic E-state index is 12.9. The predicted octanol–water partition coefficient (Wildman–Crippen LogP) is 5.00. The van der Waals surface area contributed by atoms with Crippen LogP contribution in [0.4, 0.5) is 0 Å². The third kappa shape index (κ3) is 2.17. The van der Waals surface area contributed by atoms with Gasteiger partial charge in [0, 0.05) is 16.0 Å². The first kappa shape index (κ1) is 13.3. The van der Waals surface area contributed by atoms with Gasteiger partial charge in [-0.15, -0.1) is 0 Å². The molecule has 2 aliphatic carbocycles. The molecule has 2 heteroatoms. The summed E-state index contributed by atoms with van der Waals surface area (Å²) in [6.45, 7) is 0. The standard InChI is InChI=1S/C19H17BrO/c20-15-8-6-13-10-14-7-9-16(17(13)11-15)18(14)19(21)12-4-2-1-3-5-12/h1-6,8,11,14,16,18H,7,9-10H2/t14-,16+,18?/m0/s1. The van der Waals surface area contributed by atoms with Crippen LogP contribution in [0.5, 0.6) is 0 Å². The molecule has 0 heterocycles. The van der Waals surface area contributed by atoms with Crippen molar-refractivity contribution in [3.05, 3.63) is 69.7 Å². The number of benzene rings is 2. The van der Waals surface area contributed by atoms with Gasteiger partial charge >= 0.3 is 0 Å². The molecule has 2 aliphatic rings. The quantitative estimate of drug-likeness (QED) is 0.703. The Balaban J connectivity index is 1.74. The van der Waals surface area contributed by atoms with E-state index in [0.29, 0.717) is 17.6 Å². The van der Waals surface area contributed by atoms with Gasteiger partial charge in [0.1, 0.15) is 0 Å². The van der Waals surface area contributed by atoms with Gasteiger partial charge in [-0.05, 0) is 54.4 Å². The lowest BCUT2D eigenvalue weighted by molar-refractivity contribution is 0.0870. The maximum Gasteiger partial charge on any atom is 0.166 e. The first-order chi connectivity index (χ1) is 10.2. The number of hydrogen-bond acceptors (Lipinski definition) is 1. The maximum absolute atomic E-state index is 12.9. The highest BCUT2D eigenvalue weighted by Gasteiger charge is 2.45. The van der Waals surface area contributed by atoms with Crippen molar-refractivity contribution in [3.63, 3.8) is 0 Å². The van der Waals surface area contributed by atoms with Crippen molar-refractivity contribution < 1.29 is 4.79 Å². The second-order valence-electron chi connectivity index (χ2n) is 6.25.